The normalized spacial score (nSPS) is 9.50. The van der Waals surface area contributed by atoms with Crippen molar-refractivity contribution in [1.82, 2.24) is 4.98 Å². The van der Waals surface area contributed by atoms with Crippen LogP contribution < -0.4 is 3.07 Å². The molecule has 0 bridgehead atoms. The zero-order chi connectivity index (χ0) is 7.56. The Morgan fingerprint density at radius 2 is 2.40 bits per heavy atom. The van der Waals surface area contributed by atoms with E-state index in [0.717, 1.165) is 6.20 Å². The molecule has 0 amide bonds. The molecule has 54 valence electrons. The molecule has 1 heterocycles. The number of nitrogens with zero attached hydrogens (tertiary/aromatic N) is 1. The fourth-order valence-electron chi connectivity index (χ4n) is 0.556. The van der Waals surface area contributed by atoms with Gasteiger partial charge in [-0.2, -0.15) is 0 Å². The number of pyridine rings is 1. The van der Waals surface area contributed by atoms with Gasteiger partial charge in [0, 0.05) is 6.07 Å². The second kappa shape index (κ2) is 3.14. The van der Waals surface area contributed by atoms with Gasteiger partial charge in [-0.05, 0) is 12.5 Å². The largest absolute Gasteiger partial charge is 0.408 e. The van der Waals surface area contributed by atoms with Crippen LogP contribution in [-0.4, -0.2) is 4.98 Å². The average molecular weight is 253 g/mol. The minimum Gasteiger partial charge on any atom is -0.408 e. The SMILES string of the molecule is Cc1cc(OI)ncc1F. The molecule has 1 rings (SSSR count). The van der Waals surface area contributed by atoms with Crippen LogP contribution in [0.5, 0.6) is 5.88 Å². The van der Waals surface area contributed by atoms with Crippen LogP contribution in [0, 0.1) is 12.7 Å². The lowest BCUT2D eigenvalue weighted by Crippen LogP contribution is -1.86. The van der Waals surface area contributed by atoms with E-state index < -0.39 is 0 Å². The topological polar surface area (TPSA) is 22.1 Å². The van der Waals surface area contributed by atoms with Crippen molar-refractivity contribution < 1.29 is 7.46 Å². The maximum absolute atomic E-state index is 12.5. The minimum absolute atomic E-state index is 0.308. The van der Waals surface area contributed by atoms with E-state index in [1.807, 2.05) is 0 Å². The summed E-state index contributed by atoms with van der Waals surface area (Å²) in [6.45, 7) is 1.66. The second-order valence-corrected chi connectivity index (χ2v) is 2.29. The molecular weight excluding hydrogens is 248 g/mol. The first-order chi connectivity index (χ1) is 4.74. The van der Waals surface area contributed by atoms with Crippen LogP contribution >= 0.6 is 23.0 Å². The quantitative estimate of drug-likeness (QED) is 0.716. The number of aromatic nitrogens is 1. The molecule has 0 N–H and O–H groups in total. The Morgan fingerprint density at radius 1 is 1.70 bits per heavy atom. The van der Waals surface area contributed by atoms with Crippen LogP contribution in [0.15, 0.2) is 12.3 Å². The fraction of sp³-hybridized carbons (Fsp3) is 0.167. The Kier molecular flexibility index (Phi) is 2.42. The summed E-state index contributed by atoms with van der Waals surface area (Å²) in [7, 11) is 0. The van der Waals surface area contributed by atoms with Crippen molar-refractivity contribution in [2.24, 2.45) is 0 Å². The molecule has 0 fully saturated rings. The second-order valence-electron chi connectivity index (χ2n) is 1.85. The van der Waals surface area contributed by atoms with Crippen LogP contribution in [0.4, 0.5) is 4.39 Å². The van der Waals surface area contributed by atoms with E-state index >= 15 is 0 Å². The van der Waals surface area contributed by atoms with Gasteiger partial charge in [-0.15, -0.1) is 0 Å². The molecule has 0 radical (unpaired) electrons. The van der Waals surface area contributed by atoms with Gasteiger partial charge in [0.25, 0.3) is 0 Å². The predicted octanol–water partition coefficient (Wildman–Crippen LogP) is 2.26. The zero-order valence-electron chi connectivity index (χ0n) is 5.27. The molecule has 0 aromatic carbocycles. The van der Waals surface area contributed by atoms with Crippen LogP contribution in [0.1, 0.15) is 5.56 Å². The van der Waals surface area contributed by atoms with Crippen molar-refractivity contribution >= 4 is 23.0 Å². The lowest BCUT2D eigenvalue weighted by Gasteiger charge is -1.96. The fourth-order valence-corrected chi connectivity index (χ4v) is 0.797. The van der Waals surface area contributed by atoms with Crippen molar-refractivity contribution in [2.75, 3.05) is 0 Å². The third-order valence-corrected chi connectivity index (χ3v) is 1.55. The highest BCUT2D eigenvalue weighted by atomic mass is 127. The van der Waals surface area contributed by atoms with Gasteiger partial charge < -0.3 is 3.07 Å². The van der Waals surface area contributed by atoms with Crippen LogP contribution in [0.3, 0.4) is 0 Å². The summed E-state index contributed by atoms with van der Waals surface area (Å²) in [6.07, 6.45) is 1.14. The van der Waals surface area contributed by atoms with Gasteiger partial charge in [-0.1, -0.05) is 0 Å². The summed E-state index contributed by atoms with van der Waals surface area (Å²) in [5.74, 6) is 0.122. The first-order valence-corrected chi connectivity index (χ1v) is 3.53. The van der Waals surface area contributed by atoms with E-state index in [-0.39, 0.29) is 5.82 Å². The van der Waals surface area contributed by atoms with E-state index in [4.69, 9.17) is 3.07 Å². The Morgan fingerprint density at radius 3 is 2.90 bits per heavy atom. The van der Waals surface area contributed by atoms with Gasteiger partial charge in [-0.25, -0.2) is 9.37 Å². The van der Waals surface area contributed by atoms with E-state index in [9.17, 15) is 4.39 Å². The Bertz CT molecular complexity index is 241. The number of rotatable bonds is 1. The van der Waals surface area contributed by atoms with Crippen molar-refractivity contribution in [1.29, 1.82) is 0 Å². The first kappa shape index (κ1) is 7.71. The molecule has 2 nitrogen and oxygen atoms in total. The van der Waals surface area contributed by atoms with Crippen LogP contribution in [0.25, 0.3) is 0 Å². The van der Waals surface area contributed by atoms with Crippen LogP contribution in [0.2, 0.25) is 0 Å². The van der Waals surface area contributed by atoms with E-state index in [0.29, 0.717) is 11.4 Å². The smallest absolute Gasteiger partial charge is 0.225 e. The standard InChI is InChI=1S/C6H5FINO/c1-4-2-6(10-8)9-3-5(4)7/h2-3H,1H3. The van der Waals surface area contributed by atoms with E-state index in [1.54, 1.807) is 36.0 Å². The van der Waals surface area contributed by atoms with Crippen molar-refractivity contribution in [3.05, 3.63) is 23.6 Å². The molecule has 1 aromatic heterocycles. The highest BCUT2D eigenvalue weighted by Gasteiger charge is 1.98. The van der Waals surface area contributed by atoms with Crippen molar-refractivity contribution in [3.63, 3.8) is 0 Å². The lowest BCUT2D eigenvalue weighted by molar-refractivity contribution is 0.597. The monoisotopic (exact) mass is 253 g/mol. The molecule has 0 saturated heterocycles. The molecule has 0 saturated carbocycles. The summed E-state index contributed by atoms with van der Waals surface area (Å²) in [4.78, 5) is 3.65. The lowest BCUT2D eigenvalue weighted by atomic mass is 10.3. The number of hydrogen-bond donors (Lipinski definition) is 0. The van der Waals surface area contributed by atoms with Gasteiger partial charge >= 0.3 is 0 Å². The molecular formula is C6H5FINO. The van der Waals surface area contributed by atoms with Gasteiger partial charge in [0.05, 0.1) is 6.20 Å². The maximum Gasteiger partial charge on any atom is 0.225 e. The number of hydrogen-bond acceptors (Lipinski definition) is 2. The molecule has 0 unspecified atom stereocenters. The van der Waals surface area contributed by atoms with Crippen molar-refractivity contribution in [3.8, 4) is 5.88 Å². The highest BCUT2D eigenvalue weighted by molar-refractivity contribution is 14.1. The summed E-state index contributed by atoms with van der Waals surface area (Å²) >= 11 is 1.70. The van der Waals surface area contributed by atoms with E-state index in [1.165, 1.54) is 0 Å². The van der Waals surface area contributed by atoms with Gasteiger partial charge in [0.2, 0.25) is 5.88 Å². The first-order valence-electron chi connectivity index (χ1n) is 2.65. The molecule has 1 aromatic rings. The number of aryl methyl sites for hydroxylation is 1. The maximum atomic E-state index is 12.5. The number of halogens is 2. The molecule has 0 aliphatic rings. The zero-order valence-corrected chi connectivity index (χ0v) is 7.42. The van der Waals surface area contributed by atoms with Crippen LogP contribution in [-0.2, 0) is 0 Å². The summed E-state index contributed by atoms with van der Waals surface area (Å²) in [6, 6.07) is 1.54. The summed E-state index contributed by atoms with van der Waals surface area (Å²) < 4.78 is 17.3. The molecule has 4 heteroatoms. The summed E-state index contributed by atoms with van der Waals surface area (Å²) in [5.41, 5.74) is 0.543. The van der Waals surface area contributed by atoms with Gasteiger partial charge in [0.1, 0.15) is 5.82 Å². The van der Waals surface area contributed by atoms with E-state index in [2.05, 4.69) is 4.98 Å². The molecule has 0 aliphatic carbocycles. The van der Waals surface area contributed by atoms with Gasteiger partial charge in [0.15, 0.2) is 23.0 Å². The Hall–Kier alpha value is -0.390. The molecule has 10 heavy (non-hydrogen) atoms. The van der Waals surface area contributed by atoms with Gasteiger partial charge in [-0.3, -0.25) is 0 Å². The minimum atomic E-state index is -0.308. The highest BCUT2D eigenvalue weighted by Crippen LogP contribution is 2.13. The third-order valence-electron chi connectivity index (χ3n) is 1.10. The molecule has 0 aliphatic heterocycles. The van der Waals surface area contributed by atoms with Crippen molar-refractivity contribution in [2.45, 2.75) is 6.92 Å². The molecule has 0 atom stereocenters. The average Bonchev–Trinajstić information content (AvgIpc) is 1.95. The third kappa shape index (κ3) is 1.56. The Labute approximate surface area is 72.1 Å². The Balaban J connectivity index is 3.04. The summed E-state index contributed by atoms with van der Waals surface area (Å²) in [5, 5.41) is 0. The predicted molar refractivity (Wildman–Crippen MR) is 43.6 cm³/mol. The molecule has 0 spiro atoms.